The molecule has 0 atom stereocenters. The summed E-state index contributed by atoms with van der Waals surface area (Å²) in [6.45, 7) is 4.34. The Kier molecular flexibility index (Phi) is 3.37. The lowest BCUT2D eigenvalue weighted by Gasteiger charge is -2.17. The molecule has 1 N–H and O–H groups in total. The van der Waals surface area contributed by atoms with E-state index in [-0.39, 0.29) is 11.8 Å². The van der Waals surface area contributed by atoms with Crippen LogP contribution in [0.15, 0.2) is 30.3 Å². The standard InChI is InChI=1S/C17H18N2O2/c1-3-4-10-19-15-9-8-14(18-11(2)20)12-6-5-7-13(16(12)15)17(19)21/h5-9H,3-4,10H2,1-2H3,(H,18,20). The Morgan fingerprint density at radius 1 is 1.24 bits per heavy atom. The molecule has 1 aliphatic heterocycles. The molecular weight excluding hydrogens is 264 g/mol. The van der Waals surface area contributed by atoms with E-state index in [4.69, 9.17) is 0 Å². The minimum Gasteiger partial charge on any atom is -0.326 e. The van der Waals surface area contributed by atoms with Crippen LogP contribution in [0.3, 0.4) is 0 Å². The van der Waals surface area contributed by atoms with E-state index in [9.17, 15) is 9.59 Å². The molecule has 0 saturated heterocycles. The van der Waals surface area contributed by atoms with Gasteiger partial charge in [-0.2, -0.15) is 0 Å². The first-order valence-corrected chi connectivity index (χ1v) is 7.28. The molecule has 1 heterocycles. The van der Waals surface area contributed by atoms with E-state index in [1.165, 1.54) is 6.92 Å². The second-order valence-electron chi connectivity index (χ2n) is 5.35. The first-order chi connectivity index (χ1) is 10.1. The van der Waals surface area contributed by atoms with Crippen LogP contribution < -0.4 is 10.2 Å². The number of nitrogens with zero attached hydrogens (tertiary/aromatic N) is 1. The summed E-state index contributed by atoms with van der Waals surface area (Å²) < 4.78 is 0. The van der Waals surface area contributed by atoms with Crippen molar-refractivity contribution in [2.45, 2.75) is 26.7 Å². The van der Waals surface area contributed by atoms with Gasteiger partial charge in [-0.25, -0.2) is 0 Å². The number of anilines is 2. The summed E-state index contributed by atoms with van der Waals surface area (Å²) in [5.74, 6) is -0.0492. The van der Waals surface area contributed by atoms with Crippen LogP contribution in [-0.4, -0.2) is 18.4 Å². The minimum absolute atomic E-state index is 0.0593. The molecule has 4 nitrogen and oxygen atoms in total. The second kappa shape index (κ2) is 5.20. The molecule has 2 amide bonds. The highest BCUT2D eigenvalue weighted by molar-refractivity contribution is 6.27. The van der Waals surface area contributed by atoms with Gasteiger partial charge in [0.15, 0.2) is 0 Å². The van der Waals surface area contributed by atoms with Gasteiger partial charge in [-0.3, -0.25) is 9.59 Å². The first-order valence-electron chi connectivity index (χ1n) is 7.28. The Balaban J connectivity index is 2.16. The SMILES string of the molecule is CCCCN1C(=O)c2cccc3c(NC(C)=O)ccc1c23. The van der Waals surface area contributed by atoms with E-state index >= 15 is 0 Å². The molecule has 108 valence electrons. The Morgan fingerprint density at radius 3 is 2.76 bits per heavy atom. The van der Waals surface area contributed by atoms with Gasteiger partial charge in [0, 0.05) is 35.5 Å². The molecular formula is C17H18N2O2. The Bertz CT molecular complexity index is 737. The number of hydrogen-bond donors (Lipinski definition) is 1. The number of carbonyl (C=O) groups is 2. The summed E-state index contributed by atoms with van der Waals surface area (Å²) in [4.78, 5) is 25.7. The maximum atomic E-state index is 12.6. The second-order valence-corrected chi connectivity index (χ2v) is 5.35. The predicted molar refractivity (Wildman–Crippen MR) is 84.8 cm³/mol. The van der Waals surface area contributed by atoms with E-state index in [0.717, 1.165) is 47.1 Å². The average molecular weight is 282 g/mol. The fourth-order valence-electron chi connectivity index (χ4n) is 2.88. The zero-order valence-electron chi connectivity index (χ0n) is 12.3. The van der Waals surface area contributed by atoms with Gasteiger partial charge < -0.3 is 10.2 Å². The molecule has 0 aliphatic carbocycles. The summed E-state index contributed by atoms with van der Waals surface area (Å²) >= 11 is 0. The molecule has 0 unspecified atom stereocenters. The number of nitrogens with one attached hydrogen (secondary N) is 1. The van der Waals surface area contributed by atoms with Crippen molar-refractivity contribution in [2.24, 2.45) is 0 Å². The normalized spacial score (nSPS) is 13.0. The fraction of sp³-hybridized carbons (Fsp3) is 0.294. The van der Waals surface area contributed by atoms with E-state index in [0.29, 0.717) is 0 Å². The lowest BCUT2D eigenvalue weighted by atomic mass is 10.0. The highest BCUT2D eigenvalue weighted by Gasteiger charge is 2.29. The molecule has 2 aromatic rings. The molecule has 0 fully saturated rings. The topological polar surface area (TPSA) is 49.4 Å². The average Bonchev–Trinajstić information content (AvgIpc) is 2.74. The molecule has 4 heteroatoms. The van der Waals surface area contributed by atoms with Crippen LogP contribution >= 0.6 is 0 Å². The van der Waals surface area contributed by atoms with E-state index in [1.54, 1.807) is 0 Å². The van der Waals surface area contributed by atoms with Crippen LogP contribution in [0.4, 0.5) is 11.4 Å². The highest BCUT2D eigenvalue weighted by atomic mass is 16.2. The molecule has 1 aliphatic rings. The minimum atomic E-state index is -0.108. The molecule has 3 rings (SSSR count). The van der Waals surface area contributed by atoms with E-state index < -0.39 is 0 Å². The maximum absolute atomic E-state index is 12.6. The molecule has 0 spiro atoms. The van der Waals surface area contributed by atoms with Crippen molar-refractivity contribution in [3.05, 3.63) is 35.9 Å². The third-order valence-corrected chi connectivity index (χ3v) is 3.83. The van der Waals surface area contributed by atoms with Gasteiger partial charge in [-0.05, 0) is 24.6 Å². The van der Waals surface area contributed by atoms with Crippen LogP contribution in [0.5, 0.6) is 0 Å². The van der Waals surface area contributed by atoms with Crippen LogP contribution in [0.1, 0.15) is 37.0 Å². The van der Waals surface area contributed by atoms with Gasteiger partial charge in [-0.1, -0.05) is 25.5 Å². The number of unbranched alkanes of at least 4 members (excludes halogenated alkanes) is 1. The summed E-state index contributed by atoms with van der Waals surface area (Å²) in [6.07, 6.45) is 2.03. The van der Waals surface area contributed by atoms with Crippen LogP contribution in [-0.2, 0) is 4.79 Å². The van der Waals surface area contributed by atoms with Crippen LogP contribution in [0.2, 0.25) is 0 Å². The largest absolute Gasteiger partial charge is 0.326 e. The Hall–Kier alpha value is -2.36. The van der Waals surface area contributed by atoms with Gasteiger partial charge in [0.2, 0.25) is 5.91 Å². The number of amides is 2. The maximum Gasteiger partial charge on any atom is 0.258 e. The van der Waals surface area contributed by atoms with Gasteiger partial charge in [-0.15, -0.1) is 0 Å². The first kappa shape index (κ1) is 13.6. The zero-order chi connectivity index (χ0) is 15.0. The van der Waals surface area contributed by atoms with Gasteiger partial charge in [0.25, 0.3) is 5.91 Å². The number of carbonyl (C=O) groups excluding carboxylic acids is 2. The summed E-state index contributed by atoms with van der Waals surface area (Å²) in [5.41, 5.74) is 2.44. The molecule has 0 bridgehead atoms. The molecule has 0 aromatic heterocycles. The van der Waals surface area contributed by atoms with Gasteiger partial charge in [0.05, 0.1) is 5.69 Å². The third kappa shape index (κ3) is 2.17. The Labute approximate surface area is 123 Å². The molecule has 21 heavy (non-hydrogen) atoms. The predicted octanol–water partition coefficient (Wildman–Crippen LogP) is 3.56. The molecule has 0 saturated carbocycles. The summed E-state index contributed by atoms with van der Waals surface area (Å²) in [5, 5.41) is 4.71. The van der Waals surface area contributed by atoms with E-state index in [1.807, 2.05) is 35.2 Å². The molecule has 2 aromatic carbocycles. The number of rotatable bonds is 4. The quantitative estimate of drug-likeness (QED) is 0.932. The smallest absolute Gasteiger partial charge is 0.258 e. The lowest BCUT2D eigenvalue weighted by molar-refractivity contribution is -0.114. The van der Waals surface area contributed by atoms with Crippen molar-refractivity contribution in [1.82, 2.24) is 0 Å². The summed E-state index contributed by atoms with van der Waals surface area (Å²) in [7, 11) is 0. The van der Waals surface area contributed by atoms with Crippen molar-refractivity contribution in [3.8, 4) is 0 Å². The van der Waals surface area contributed by atoms with Crippen LogP contribution in [0, 0.1) is 0 Å². The highest BCUT2D eigenvalue weighted by Crippen LogP contribution is 2.40. The van der Waals surface area contributed by atoms with Crippen molar-refractivity contribution >= 4 is 34.0 Å². The lowest BCUT2D eigenvalue weighted by Crippen LogP contribution is -2.27. The third-order valence-electron chi connectivity index (χ3n) is 3.83. The van der Waals surface area contributed by atoms with Gasteiger partial charge in [0.1, 0.15) is 0 Å². The molecule has 0 radical (unpaired) electrons. The fourth-order valence-corrected chi connectivity index (χ4v) is 2.88. The zero-order valence-corrected chi connectivity index (χ0v) is 12.3. The number of hydrogen-bond acceptors (Lipinski definition) is 2. The van der Waals surface area contributed by atoms with Crippen molar-refractivity contribution in [2.75, 3.05) is 16.8 Å². The van der Waals surface area contributed by atoms with Crippen molar-refractivity contribution in [3.63, 3.8) is 0 Å². The van der Waals surface area contributed by atoms with E-state index in [2.05, 4.69) is 12.2 Å². The van der Waals surface area contributed by atoms with Crippen molar-refractivity contribution < 1.29 is 9.59 Å². The van der Waals surface area contributed by atoms with Crippen molar-refractivity contribution in [1.29, 1.82) is 0 Å². The Morgan fingerprint density at radius 2 is 2.05 bits per heavy atom. The van der Waals surface area contributed by atoms with Crippen LogP contribution in [0.25, 0.3) is 10.8 Å². The van der Waals surface area contributed by atoms with Gasteiger partial charge >= 0.3 is 0 Å². The monoisotopic (exact) mass is 282 g/mol. The number of benzene rings is 2. The summed E-state index contributed by atoms with van der Waals surface area (Å²) in [6, 6.07) is 9.48.